The topological polar surface area (TPSA) is 131 Å². The Balaban J connectivity index is 1.67. The minimum Gasteiger partial charge on any atom is -0.322 e. The quantitative estimate of drug-likeness (QED) is 0.222. The molecule has 0 radical (unpaired) electrons. The highest BCUT2D eigenvalue weighted by Gasteiger charge is 2.44. The number of halogens is 4. The number of pyridine rings is 1. The van der Waals surface area contributed by atoms with E-state index in [0.29, 0.717) is 29.3 Å². The smallest absolute Gasteiger partial charge is 0.322 e. The molecule has 16 heteroatoms. The van der Waals surface area contributed by atoms with Crippen molar-refractivity contribution in [2.24, 2.45) is 5.92 Å². The van der Waals surface area contributed by atoms with Gasteiger partial charge in [-0.3, -0.25) is 9.52 Å². The number of aryl methyl sites for hydroxylation is 1. The van der Waals surface area contributed by atoms with Crippen molar-refractivity contribution >= 4 is 55.7 Å². The Bertz CT molecular complexity index is 1280. The lowest BCUT2D eigenvalue weighted by atomic mass is 9.89. The molecule has 216 valence electrons. The van der Waals surface area contributed by atoms with E-state index in [2.05, 4.69) is 24.8 Å². The van der Waals surface area contributed by atoms with Crippen LogP contribution in [0.25, 0.3) is 10.4 Å². The largest absolute Gasteiger partial charge is 0.493 e. The lowest BCUT2D eigenvalue weighted by Gasteiger charge is -2.21. The van der Waals surface area contributed by atoms with Crippen LogP contribution in [-0.2, 0) is 24.4 Å². The Morgan fingerprint density at radius 3 is 2.59 bits per heavy atom. The van der Waals surface area contributed by atoms with E-state index in [4.69, 9.17) is 11.6 Å². The number of alkyl halides is 3. The van der Waals surface area contributed by atoms with E-state index in [1.165, 1.54) is 51.3 Å². The second kappa shape index (κ2) is 13.2. The lowest BCUT2D eigenvalue weighted by molar-refractivity contribution is -0.201. The highest BCUT2D eigenvalue weighted by Crippen LogP contribution is 2.37. The summed E-state index contributed by atoms with van der Waals surface area (Å²) in [5, 5.41) is 3.03. The first kappa shape index (κ1) is 31.0. The van der Waals surface area contributed by atoms with Crippen molar-refractivity contribution in [1.29, 1.82) is 0 Å². The van der Waals surface area contributed by atoms with Gasteiger partial charge in [0.25, 0.3) is 5.91 Å². The monoisotopic (exact) mass is 611 g/mol. The third kappa shape index (κ3) is 9.01. The van der Waals surface area contributed by atoms with Crippen molar-refractivity contribution < 1.29 is 36.0 Å². The summed E-state index contributed by atoms with van der Waals surface area (Å²) in [4.78, 5) is 35.7. The second-order valence-corrected chi connectivity index (χ2v) is 12.3. The molecule has 0 aliphatic heterocycles. The molecule has 0 atom stereocenters. The number of hydrogen-bond acceptors (Lipinski definition) is 9. The first-order chi connectivity index (χ1) is 18.3. The maximum absolute atomic E-state index is 12.7. The van der Waals surface area contributed by atoms with Crippen LogP contribution in [0.4, 0.5) is 24.0 Å². The number of aromatic nitrogens is 2. The van der Waals surface area contributed by atoms with Crippen LogP contribution in [-0.4, -0.2) is 55.3 Å². The molecule has 1 fully saturated rings. The minimum atomic E-state index is -5.32. The number of nitrogens with zero attached hydrogens (tertiary/aromatic N) is 3. The Morgan fingerprint density at radius 1 is 1.26 bits per heavy atom. The van der Waals surface area contributed by atoms with Crippen LogP contribution in [0, 0.1) is 12.8 Å². The SMILES string of the molecule is CC(=O)N(OC(=O)C(F)(F)F)c1nc(C)c(-c2cnc(Cl)c(NS(=O)(=O)CCCNCC3CCCCC3)c2)s1. The van der Waals surface area contributed by atoms with Crippen LogP contribution in [0.15, 0.2) is 12.3 Å². The summed E-state index contributed by atoms with van der Waals surface area (Å²) >= 11 is 6.86. The summed E-state index contributed by atoms with van der Waals surface area (Å²) in [7, 11) is -3.76. The van der Waals surface area contributed by atoms with Gasteiger partial charge in [-0.15, -0.1) is 5.06 Å². The molecule has 0 bridgehead atoms. The Morgan fingerprint density at radius 2 is 1.95 bits per heavy atom. The van der Waals surface area contributed by atoms with E-state index in [-0.39, 0.29) is 32.5 Å². The molecule has 2 aromatic rings. The van der Waals surface area contributed by atoms with E-state index in [1.54, 1.807) is 0 Å². The van der Waals surface area contributed by atoms with Crippen LogP contribution < -0.4 is 15.1 Å². The molecule has 0 aromatic carbocycles. The maximum Gasteiger partial charge on any atom is 0.493 e. The van der Waals surface area contributed by atoms with Gasteiger partial charge in [0.15, 0.2) is 5.15 Å². The lowest BCUT2D eigenvalue weighted by Crippen LogP contribution is -2.37. The molecule has 0 spiro atoms. The molecule has 1 aliphatic carbocycles. The number of hydroxylamine groups is 1. The van der Waals surface area contributed by atoms with Crippen molar-refractivity contribution in [1.82, 2.24) is 15.3 Å². The molecule has 39 heavy (non-hydrogen) atoms. The Hall–Kier alpha value is -2.49. The summed E-state index contributed by atoms with van der Waals surface area (Å²) in [6.45, 7) is 3.84. The highest BCUT2D eigenvalue weighted by molar-refractivity contribution is 7.92. The van der Waals surface area contributed by atoms with Gasteiger partial charge in [-0.25, -0.2) is 23.2 Å². The maximum atomic E-state index is 12.7. The summed E-state index contributed by atoms with van der Waals surface area (Å²) in [5.74, 6) is -3.10. The predicted molar refractivity (Wildman–Crippen MR) is 142 cm³/mol. The van der Waals surface area contributed by atoms with Crippen LogP contribution in [0.1, 0.15) is 51.1 Å². The minimum absolute atomic E-state index is 0.00519. The predicted octanol–water partition coefficient (Wildman–Crippen LogP) is 4.84. The number of anilines is 2. The second-order valence-electron chi connectivity index (χ2n) is 9.15. The highest BCUT2D eigenvalue weighted by atomic mass is 35.5. The zero-order chi connectivity index (χ0) is 28.8. The van der Waals surface area contributed by atoms with Gasteiger partial charge < -0.3 is 10.2 Å². The summed E-state index contributed by atoms with van der Waals surface area (Å²) in [6.07, 6.45) is 2.53. The molecule has 2 N–H and O–H groups in total. The molecule has 2 aromatic heterocycles. The van der Waals surface area contributed by atoms with Gasteiger partial charge in [-0.1, -0.05) is 42.2 Å². The third-order valence-corrected chi connectivity index (χ3v) is 8.77. The molecule has 10 nitrogen and oxygen atoms in total. The van der Waals surface area contributed by atoms with E-state index >= 15 is 0 Å². The van der Waals surface area contributed by atoms with E-state index < -0.39 is 28.1 Å². The van der Waals surface area contributed by atoms with Crippen molar-refractivity contribution in [2.75, 3.05) is 28.6 Å². The van der Waals surface area contributed by atoms with Gasteiger partial charge in [0.05, 0.1) is 22.0 Å². The van der Waals surface area contributed by atoms with Crippen molar-refractivity contribution in [3.63, 3.8) is 0 Å². The first-order valence-corrected chi connectivity index (χ1v) is 15.1. The van der Waals surface area contributed by atoms with Crippen LogP contribution in [0.2, 0.25) is 5.15 Å². The zero-order valence-corrected chi connectivity index (χ0v) is 23.7. The van der Waals surface area contributed by atoms with Gasteiger partial charge >= 0.3 is 12.1 Å². The van der Waals surface area contributed by atoms with Crippen molar-refractivity contribution in [3.05, 3.63) is 23.1 Å². The number of thiazole rings is 1. The molecule has 0 unspecified atom stereocenters. The summed E-state index contributed by atoms with van der Waals surface area (Å²) in [5.41, 5.74) is 0.607. The van der Waals surface area contributed by atoms with E-state index in [1.807, 2.05) is 0 Å². The zero-order valence-electron chi connectivity index (χ0n) is 21.3. The molecule has 2 heterocycles. The molecule has 1 amide bonds. The van der Waals surface area contributed by atoms with Gasteiger partial charge in [-0.05, 0) is 51.3 Å². The van der Waals surface area contributed by atoms with Gasteiger partial charge in [0.1, 0.15) is 0 Å². The average Bonchev–Trinajstić information content (AvgIpc) is 3.24. The number of hydrogen-bond donors (Lipinski definition) is 2. The van der Waals surface area contributed by atoms with Gasteiger partial charge in [-0.2, -0.15) is 13.2 Å². The Kier molecular flexibility index (Phi) is 10.5. The summed E-state index contributed by atoms with van der Waals surface area (Å²) < 4.78 is 65.7. The fraction of sp³-hybridized carbons (Fsp3) is 0.565. The number of nitrogens with one attached hydrogen (secondary N) is 2. The Labute approximate surface area is 233 Å². The van der Waals surface area contributed by atoms with Gasteiger partial charge in [0.2, 0.25) is 15.2 Å². The van der Waals surface area contributed by atoms with E-state index in [9.17, 15) is 31.2 Å². The van der Waals surface area contributed by atoms with Gasteiger partial charge in [0, 0.05) is 18.7 Å². The molecular weight excluding hydrogens is 583 g/mol. The molecule has 3 rings (SSSR count). The van der Waals surface area contributed by atoms with Crippen LogP contribution in [0.5, 0.6) is 0 Å². The fourth-order valence-corrected chi connectivity index (χ4v) is 6.42. The van der Waals surface area contributed by atoms with Crippen LogP contribution >= 0.6 is 22.9 Å². The number of rotatable bonds is 10. The fourth-order valence-electron chi connectivity index (χ4n) is 4.06. The summed E-state index contributed by atoms with van der Waals surface area (Å²) in [6, 6.07) is 1.40. The van der Waals surface area contributed by atoms with Crippen molar-refractivity contribution in [2.45, 2.75) is 58.5 Å². The number of sulfonamides is 1. The van der Waals surface area contributed by atoms with Crippen LogP contribution in [0.3, 0.4) is 0 Å². The standard InChI is InChI=1S/C23H29ClF3N5O5S2/c1-14-19(38-22(30-14)32(15(2)33)37-21(34)23(25,26)27)17-11-18(20(24)29-13-17)31-39(35,36)10-6-9-28-12-16-7-4-3-5-8-16/h11,13,16,28,31H,3-10,12H2,1-2H3. The first-order valence-electron chi connectivity index (χ1n) is 12.2. The van der Waals surface area contributed by atoms with E-state index in [0.717, 1.165) is 24.8 Å². The number of amides is 1. The normalized spacial score (nSPS) is 14.7. The number of carbonyl (C=O) groups is 2. The molecule has 1 aliphatic rings. The average molecular weight is 612 g/mol. The number of carbonyl (C=O) groups excluding carboxylic acids is 2. The molecular formula is C23H29ClF3N5O5S2. The molecule has 0 saturated heterocycles. The third-order valence-electron chi connectivity index (χ3n) is 5.94. The molecule has 1 saturated carbocycles. The van der Waals surface area contributed by atoms with Crippen molar-refractivity contribution in [3.8, 4) is 10.4 Å².